The monoisotopic (exact) mass is 498 g/mol. The molecule has 1 amide bonds. The van der Waals surface area contributed by atoms with Gasteiger partial charge in [0, 0.05) is 62.6 Å². The maximum atomic E-state index is 12.8. The standard InChI is InChI=1S/C30H38N6O/c1-21(2)35-10-8-25(19-35)23-3-5-24(6-4-23)27-17-29-28(7-9-32-36(29)20-27)33-11-13-34(14-12-33)30(37)26-15-22(16-26)18-31/h3-7,9,17-18,20-22,25-26,31H,8,10-16,19H2,1-2H3/t22-,25-,26-/m0/s1. The third-order valence-corrected chi connectivity index (χ3v) is 8.84. The first-order valence-corrected chi connectivity index (χ1v) is 13.9. The normalized spacial score (nSPS) is 24.6. The van der Waals surface area contributed by atoms with Crippen LogP contribution in [0.15, 0.2) is 48.8 Å². The molecule has 7 nitrogen and oxygen atoms in total. The zero-order chi connectivity index (χ0) is 25.5. The molecule has 4 heterocycles. The van der Waals surface area contributed by atoms with Crippen LogP contribution in [0, 0.1) is 17.2 Å². The lowest BCUT2D eigenvalue weighted by Crippen LogP contribution is -2.52. The SMILES string of the molecule is CC(C)N1CC[C@H](c2ccc(-c3cc4c(N5CCN(C(=O)[C@H]6C[C@H](C=N)C6)CC5)ccnn4c3)cc2)C1. The molecule has 1 atom stereocenters. The maximum absolute atomic E-state index is 12.8. The molecule has 2 aromatic heterocycles. The fourth-order valence-electron chi connectivity index (χ4n) is 6.33. The first-order chi connectivity index (χ1) is 18.0. The largest absolute Gasteiger partial charge is 0.366 e. The molecule has 2 saturated heterocycles. The Morgan fingerprint density at radius 1 is 1.03 bits per heavy atom. The topological polar surface area (TPSA) is 67.9 Å². The summed E-state index contributed by atoms with van der Waals surface area (Å²) in [5.41, 5.74) is 6.13. The molecule has 6 rings (SSSR count). The van der Waals surface area contributed by atoms with E-state index in [4.69, 9.17) is 5.41 Å². The molecule has 3 aliphatic rings. The third-order valence-electron chi connectivity index (χ3n) is 8.84. The molecule has 2 aliphatic heterocycles. The second kappa shape index (κ2) is 9.93. The average Bonchev–Trinajstić information content (AvgIpc) is 3.56. The van der Waals surface area contributed by atoms with Gasteiger partial charge in [-0.1, -0.05) is 24.3 Å². The van der Waals surface area contributed by atoms with Gasteiger partial charge in [0.25, 0.3) is 0 Å². The van der Waals surface area contributed by atoms with Crippen molar-refractivity contribution in [1.29, 1.82) is 5.41 Å². The van der Waals surface area contributed by atoms with Crippen molar-refractivity contribution in [1.82, 2.24) is 19.4 Å². The first kappa shape index (κ1) is 24.2. The fourth-order valence-corrected chi connectivity index (χ4v) is 6.33. The van der Waals surface area contributed by atoms with Crippen LogP contribution in [0.5, 0.6) is 0 Å². The number of piperazine rings is 1. The van der Waals surface area contributed by atoms with Gasteiger partial charge in [-0.3, -0.25) is 4.79 Å². The highest BCUT2D eigenvalue weighted by Gasteiger charge is 2.36. The number of likely N-dealkylation sites (tertiary alicyclic amines) is 1. The Balaban J connectivity index is 1.14. The second-order valence-corrected chi connectivity index (χ2v) is 11.4. The van der Waals surface area contributed by atoms with Crippen molar-refractivity contribution in [3.8, 4) is 11.1 Å². The van der Waals surface area contributed by atoms with Crippen LogP contribution in [0.1, 0.15) is 44.6 Å². The Bertz CT molecular complexity index is 1270. The van der Waals surface area contributed by atoms with Crippen LogP contribution in [0.4, 0.5) is 5.69 Å². The Morgan fingerprint density at radius 3 is 2.46 bits per heavy atom. The third kappa shape index (κ3) is 4.65. The molecule has 0 bridgehead atoms. The van der Waals surface area contributed by atoms with Gasteiger partial charge in [0.05, 0.1) is 11.2 Å². The molecule has 3 fully saturated rings. The molecule has 1 N–H and O–H groups in total. The predicted octanol–water partition coefficient (Wildman–Crippen LogP) is 4.52. The molecular formula is C30H38N6O. The summed E-state index contributed by atoms with van der Waals surface area (Å²) in [4.78, 5) is 19.8. The molecule has 0 radical (unpaired) electrons. The van der Waals surface area contributed by atoms with Crippen molar-refractivity contribution in [3.63, 3.8) is 0 Å². The lowest BCUT2D eigenvalue weighted by atomic mass is 9.75. The van der Waals surface area contributed by atoms with E-state index < -0.39 is 0 Å². The minimum Gasteiger partial charge on any atom is -0.366 e. The molecule has 37 heavy (non-hydrogen) atoms. The van der Waals surface area contributed by atoms with Crippen molar-refractivity contribution >= 4 is 23.3 Å². The molecule has 1 saturated carbocycles. The van der Waals surface area contributed by atoms with E-state index in [2.05, 4.69) is 71.3 Å². The number of hydrogen-bond donors (Lipinski definition) is 1. The Morgan fingerprint density at radius 2 is 1.78 bits per heavy atom. The van der Waals surface area contributed by atoms with Crippen LogP contribution in [0.3, 0.4) is 0 Å². The van der Waals surface area contributed by atoms with E-state index in [1.165, 1.54) is 41.6 Å². The summed E-state index contributed by atoms with van der Waals surface area (Å²) in [5.74, 6) is 1.33. The van der Waals surface area contributed by atoms with Crippen molar-refractivity contribution < 1.29 is 4.79 Å². The molecular weight excluding hydrogens is 460 g/mol. The summed E-state index contributed by atoms with van der Waals surface area (Å²) in [6, 6.07) is 14.1. The number of carbonyl (C=O) groups is 1. The summed E-state index contributed by atoms with van der Waals surface area (Å²) >= 11 is 0. The number of fused-ring (bicyclic) bond motifs is 1. The summed E-state index contributed by atoms with van der Waals surface area (Å²) in [6.07, 6.45) is 8.42. The quantitative estimate of drug-likeness (QED) is 0.508. The van der Waals surface area contributed by atoms with Crippen LogP contribution in [0.2, 0.25) is 0 Å². The van der Waals surface area contributed by atoms with Crippen LogP contribution in [-0.2, 0) is 4.79 Å². The van der Waals surface area contributed by atoms with Gasteiger partial charge in [0.1, 0.15) is 0 Å². The number of benzene rings is 1. The van der Waals surface area contributed by atoms with E-state index in [1.54, 1.807) is 0 Å². The van der Waals surface area contributed by atoms with Crippen LogP contribution in [0.25, 0.3) is 16.6 Å². The van der Waals surface area contributed by atoms with Gasteiger partial charge in [-0.25, -0.2) is 4.52 Å². The van der Waals surface area contributed by atoms with E-state index in [9.17, 15) is 4.79 Å². The van der Waals surface area contributed by atoms with Crippen molar-refractivity contribution in [2.75, 3.05) is 44.2 Å². The van der Waals surface area contributed by atoms with Crippen molar-refractivity contribution in [2.45, 2.75) is 45.1 Å². The minimum atomic E-state index is 0.119. The number of carbonyl (C=O) groups excluding carboxylic acids is 1. The minimum absolute atomic E-state index is 0.119. The van der Waals surface area contributed by atoms with E-state index in [0.29, 0.717) is 17.9 Å². The zero-order valence-electron chi connectivity index (χ0n) is 22.0. The molecule has 0 spiro atoms. The number of rotatable bonds is 6. The van der Waals surface area contributed by atoms with Gasteiger partial charge in [-0.15, -0.1) is 0 Å². The number of nitrogens with one attached hydrogen (secondary N) is 1. The Kier molecular flexibility index (Phi) is 6.49. The highest BCUT2D eigenvalue weighted by atomic mass is 16.2. The van der Waals surface area contributed by atoms with Crippen LogP contribution >= 0.6 is 0 Å². The summed E-state index contributed by atoms with van der Waals surface area (Å²) in [7, 11) is 0. The lowest BCUT2D eigenvalue weighted by molar-refractivity contribution is -0.139. The first-order valence-electron chi connectivity index (χ1n) is 13.9. The predicted molar refractivity (Wildman–Crippen MR) is 148 cm³/mol. The highest BCUT2D eigenvalue weighted by Crippen LogP contribution is 2.35. The fraction of sp³-hybridized carbons (Fsp3) is 0.500. The maximum Gasteiger partial charge on any atom is 0.225 e. The molecule has 194 valence electrons. The number of anilines is 1. The number of nitrogens with zero attached hydrogens (tertiary/aromatic N) is 5. The number of aromatic nitrogens is 2. The second-order valence-electron chi connectivity index (χ2n) is 11.4. The van der Waals surface area contributed by atoms with Gasteiger partial charge >= 0.3 is 0 Å². The van der Waals surface area contributed by atoms with Crippen LogP contribution < -0.4 is 4.90 Å². The van der Waals surface area contributed by atoms with E-state index in [1.807, 2.05) is 15.6 Å². The number of amides is 1. The molecule has 0 unspecified atom stereocenters. The molecule has 1 aromatic carbocycles. The van der Waals surface area contributed by atoms with Gasteiger partial charge < -0.3 is 20.1 Å². The molecule has 1 aliphatic carbocycles. The molecule has 3 aromatic rings. The van der Waals surface area contributed by atoms with Crippen molar-refractivity contribution in [2.24, 2.45) is 11.8 Å². The summed E-state index contributed by atoms with van der Waals surface area (Å²) in [6.45, 7) is 10.1. The van der Waals surface area contributed by atoms with E-state index in [0.717, 1.165) is 51.1 Å². The Hall–Kier alpha value is -3.19. The van der Waals surface area contributed by atoms with Gasteiger partial charge in [0.2, 0.25) is 5.91 Å². The van der Waals surface area contributed by atoms with Gasteiger partial charge in [-0.05, 0) is 81.0 Å². The van der Waals surface area contributed by atoms with Crippen LogP contribution in [-0.4, -0.2) is 76.8 Å². The van der Waals surface area contributed by atoms with E-state index >= 15 is 0 Å². The Labute approximate surface area is 219 Å². The van der Waals surface area contributed by atoms with E-state index in [-0.39, 0.29) is 11.8 Å². The lowest BCUT2D eigenvalue weighted by Gasteiger charge is -2.40. The molecule has 7 heteroatoms. The smallest absolute Gasteiger partial charge is 0.225 e. The average molecular weight is 499 g/mol. The zero-order valence-corrected chi connectivity index (χ0v) is 22.0. The number of hydrogen-bond acceptors (Lipinski definition) is 5. The summed E-state index contributed by atoms with van der Waals surface area (Å²) in [5, 5.41) is 12.0. The van der Waals surface area contributed by atoms with Gasteiger partial charge in [-0.2, -0.15) is 5.10 Å². The van der Waals surface area contributed by atoms with Gasteiger partial charge in [0.15, 0.2) is 0 Å². The summed E-state index contributed by atoms with van der Waals surface area (Å²) < 4.78 is 1.99. The highest BCUT2D eigenvalue weighted by molar-refractivity contribution is 5.83. The van der Waals surface area contributed by atoms with Crippen molar-refractivity contribution in [3.05, 3.63) is 54.4 Å².